The second-order valence-electron chi connectivity index (χ2n) is 6.53. The van der Waals surface area contributed by atoms with Crippen LogP contribution in [0.25, 0.3) is 11.4 Å². The van der Waals surface area contributed by atoms with E-state index in [9.17, 15) is 9.59 Å². The molecule has 2 heterocycles. The second kappa shape index (κ2) is 8.95. The van der Waals surface area contributed by atoms with Gasteiger partial charge in [0.25, 0.3) is 11.8 Å². The first-order valence-electron chi connectivity index (χ1n) is 9.41. The molecule has 9 nitrogen and oxygen atoms in total. The van der Waals surface area contributed by atoms with Crippen molar-refractivity contribution in [1.29, 1.82) is 0 Å². The van der Waals surface area contributed by atoms with Gasteiger partial charge >= 0.3 is 0 Å². The molecule has 0 unspecified atom stereocenters. The number of furan rings is 1. The van der Waals surface area contributed by atoms with Gasteiger partial charge in [-0.15, -0.1) is 0 Å². The molecule has 2 amide bonds. The molecule has 0 bridgehead atoms. The van der Waals surface area contributed by atoms with Crippen LogP contribution in [0.1, 0.15) is 26.7 Å². The lowest BCUT2D eigenvalue weighted by atomic mass is 10.2. The number of benzene rings is 2. The molecule has 0 aliphatic rings. The number of carbonyl (C=O) groups is 2. The van der Waals surface area contributed by atoms with Crippen molar-refractivity contribution >= 4 is 17.5 Å². The SMILES string of the molecule is COc1ccc(-c2n[nH]c(CNC(=O)c3ccc(NC(=O)c4ccco4)cc3)n2)cc1. The Hall–Kier alpha value is -4.40. The summed E-state index contributed by atoms with van der Waals surface area (Å²) < 4.78 is 10.2. The van der Waals surface area contributed by atoms with E-state index < -0.39 is 0 Å². The van der Waals surface area contributed by atoms with E-state index >= 15 is 0 Å². The quantitative estimate of drug-likeness (QED) is 0.424. The standard InChI is InChI=1S/C22H19N5O4/c1-30-17-10-6-14(7-11-17)20-25-19(26-27-20)13-23-21(28)15-4-8-16(9-5-15)24-22(29)18-3-2-12-31-18/h2-12H,13H2,1H3,(H,23,28)(H,24,29)(H,25,26,27). The Morgan fingerprint density at radius 1 is 1.03 bits per heavy atom. The molecule has 0 radical (unpaired) electrons. The van der Waals surface area contributed by atoms with Crippen LogP contribution in [0.3, 0.4) is 0 Å². The number of H-pyrrole nitrogens is 1. The summed E-state index contributed by atoms with van der Waals surface area (Å²) in [5.41, 5.74) is 1.84. The Kier molecular flexibility index (Phi) is 5.75. The van der Waals surface area contributed by atoms with E-state index in [1.807, 2.05) is 24.3 Å². The molecule has 4 rings (SSSR count). The summed E-state index contributed by atoms with van der Waals surface area (Å²) in [6.07, 6.45) is 1.43. The second-order valence-corrected chi connectivity index (χ2v) is 6.53. The molecule has 0 aliphatic carbocycles. The van der Waals surface area contributed by atoms with Crippen molar-refractivity contribution in [3.63, 3.8) is 0 Å². The first kappa shape index (κ1) is 19.9. The lowest BCUT2D eigenvalue weighted by Gasteiger charge is -2.06. The Morgan fingerprint density at radius 2 is 1.81 bits per heavy atom. The number of anilines is 1. The molecule has 2 aromatic carbocycles. The van der Waals surface area contributed by atoms with Gasteiger partial charge in [-0.3, -0.25) is 14.7 Å². The number of hydrogen-bond donors (Lipinski definition) is 3. The highest BCUT2D eigenvalue weighted by atomic mass is 16.5. The fourth-order valence-corrected chi connectivity index (χ4v) is 2.82. The highest BCUT2D eigenvalue weighted by molar-refractivity contribution is 6.02. The van der Waals surface area contributed by atoms with Gasteiger partial charge in [-0.25, -0.2) is 4.98 Å². The molecule has 0 saturated carbocycles. The number of carbonyl (C=O) groups excluding carboxylic acids is 2. The number of hydrogen-bond acceptors (Lipinski definition) is 6. The van der Waals surface area contributed by atoms with Gasteiger partial charge in [0, 0.05) is 16.8 Å². The van der Waals surface area contributed by atoms with Gasteiger partial charge in [-0.05, 0) is 60.7 Å². The highest BCUT2D eigenvalue weighted by Gasteiger charge is 2.11. The minimum atomic E-state index is -0.361. The first-order valence-corrected chi connectivity index (χ1v) is 9.41. The third-order valence-corrected chi connectivity index (χ3v) is 4.45. The van der Waals surface area contributed by atoms with E-state index in [0.29, 0.717) is 22.9 Å². The first-order chi connectivity index (χ1) is 15.1. The normalized spacial score (nSPS) is 10.5. The summed E-state index contributed by atoms with van der Waals surface area (Å²) in [6, 6.07) is 17.1. The van der Waals surface area contributed by atoms with Gasteiger partial charge in [0.15, 0.2) is 11.6 Å². The Balaban J connectivity index is 1.32. The van der Waals surface area contributed by atoms with Crippen LogP contribution in [0.5, 0.6) is 5.75 Å². The molecule has 0 fully saturated rings. The average molecular weight is 417 g/mol. The van der Waals surface area contributed by atoms with Crippen molar-refractivity contribution in [3.05, 3.63) is 84.1 Å². The van der Waals surface area contributed by atoms with Crippen LogP contribution in [0.15, 0.2) is 71.3 Å². The maximum atomic E-state index is 12.4. The summed E-state index contributed by atoms with van der Waals surface area (Å²) in [5.74, 6) is 1.39. The molecular weight excluding hydrogens is 398 g/mol. The molecule has 0 spiro atoms. The van der Waals surface area contributed by atoms with E-state index in [0.717, 1.165) is 11.3 Å². The molecule has 2 aromatic heterocycles. The van der Waals surface area contributed by atoms with Crippen molar-refractivity contribution < 1.29 is 18.7 Å². The van der Waals surface area contributed by atoms with Gasteiger partial charge in [-0.2, -0.15) is 5.10 Å². The van der Waals surface area contributed by atoms with E-state index in [1.54, 1.807) is 43.5 Å². The summed E-state index contributed by atoms with van der Waals surface area (Å²) in [5, 5.41) is 12.5. The Morgan fingerprint density at radius 3 is 2.48 bits per heavy atom. The van der Waals surface area contributed by atoms with Crippen LogP contribution < -0.4 is 15.4 Å². The predicted octanol–water partition coefficient (Wildman–Crippen LogP) is 3.26. The fraction of sp³-hybridized carbons (Fsp3) is 0.0909. The van der Waals surface area contributed by atoms with Gasteiger partial charge in [0.2, 0.25) is 0 Å². The molecule has 0 atom stereocenters. The molecule has 4 aromatic rings. The molecule has 0 saturated heterocycles. The minimum absolute atomic E-state index is 0.193. The maximum Gasteiger partial charge on any atom is 0.291 e. The summed E-state index contributed by atoms with van der Waals surface area (Å²) in [4.78, 5) is 28.8. The molecule has 0 aliphatic heterocycles. The number of nitrogens with one attached hydrogen (secondary N) is 3. The van der Waals surface area contributed by atoms with Gasteiger partial charge in [0.05, 0.1) is 19.9 Å². The third kappa shape index (κ3) is 4.78. The van der Waals surface area contributed by atoms with E-state index in [4.69, 9.17) is 9.15 Å². The van der Waals surface area contributed by atoms with Crippen LogP contribution in [0, 0.1) is 0 Å². The van der Waals surface area contributed by atoms with Crippen molar-refractivity contribution in [2.45, 2.75) is 6.54 Å². The number of rotatable bonds is 7. The van der Waals surface area contributed by atoms with Crippen molar-refractivity contribution in [2.75, 3.05) is 12.4 Å². The number of aromatic amines is 1. The maximum absolute atomic E-state index is 12.4. The van der Waals surface area contributed by atoms with Gasteiger partial charge in [0.1, 0.15) is 11.6 Å². The van der Waals surface area contributed by atoms with E-state index in [1.165, 1.54) is 6.26 Å². The molecular formula is C22H19N5O4. The van der Waals surface area contributed by atoms with Crippen LogP contribution >= 0.6 is 0 Å². The summed E-state index contributed by atoms with van der Waals surface area (Å²) >= 11 is 0. The molecule has 31 heavy (non-hydrogen) atoms. The number of amides is 2. The zero-order valence-corrected chi connectivity index (χ0v) is 16.6. The largest absolute Gasteiger partial charge is 0.497 e. The number of methoxy groups -OCH3 is 1. The van der Waals surface area contributed by atoms with Gasteiger partial charge < -0.3 is 19.8 Å². The molecule has 3 N–H and O–H groups in total. The summed E-state index contributed by atoms with van der Waals surface area (Å²) in [6.45, 7) is 0.193. The van der Waals surface area contributed by atoms with Crippen molar-refractivity contribution in [2.24, 2.45) is 0 Å². The lowest BCUT2D eigenvalue weighted by molar-refractivity contribution is 0.0949. The monoisotopic (exact) mass is 417 g/mol. The zero-order valence-electron chi connectivity index (χ0n) is 16.6. The number of nitrogens with zero attached hydrogens (tertiary/aromatic N) is 2. The van der Waals surface area contributed by atoms with Gasteiger partial charge in [-0.1, -0.05) is 0 Å². The predicted molar refractivity (Wildman–Crippen MR) is 113 cm³/mol. The zero-order chi connectivity index (χ0) is 21.6. The average Bonchev–Trinajstić information content (AvgIpc) is 3.50. The summed E-state index contributed by atoms with van der Waals surface area (Å²) in [7, 11) is 1.60. The molecule has 156 valence electrons. The Labute approximate surface area is 177 Å². The number of ether oxygens (including phenoxy) is 1. The van der Waals surface area contributed by atoms with Crippen LogP contribution in [-0.4, -0.2) is 34.1 Å². The minimum Gasteiger partial charge on any atom is -0.497 e. The highest BCUT2D eigenvalue weighted by Crippen LogP contribution is 2.19. The van der Waals surface area contributed by atoms with Crippen molar-refractivity contribution in [3.8, 4) is 17.1 Å². The van der Waals surface area contributed by atoms with E-state index in [2.05, 4.69) is 25.8 Å². The number of aromatic nitrogens is 3. The fourth-order valence-electron chi connectivity index (χ4n) is 2.82. The third-order valence-electron chi connectivity index (χ3n) is 4.45. The van der Waals surface area contributed by atoms with Crippen LogP contribution in [0.2, 0.25) is 0 Å². The van der Waals surface area contributed by atoms with Crippen LogP contribution in [0.4, 0.5) is 5.69 Å². The smallest absolute Gasteiger partial charge is 0.291 e. The van der Waals surface area contributed by atoms with E-state index in [-0.39, 0.29) is 24.1 Å². The van der Waals surface area contributed by atoms with Crippen LogP contribution in [-0.2, 0) is 6.54 Å². The lowest BCUT2D eigenvalue weighted by Crippen LogP contribution is -2.23. The molecule has 9 heteroatoms. The van der Waals surface area contributed by atoms with Crippen molar-refractivity contribution in [1.82, 2.24) is 20.5 Å². The Bertz CT molecular complexity index is 1170. The topological polar surface area (TPSA) is 122 Å².